The smallest absolute Gasteiger partial charge is 0.364 e. The predicted molar refractivity (Wildman–Crippen MR) is 72.4 cm³/mol. The number of nitrogens with one attached hydrogen (secondary N) is 2. The minimum absolute atomic E-state index is 0.0913. The Hall–Kier alpha value is -1.89. The van der Waals surface area contributed by atoms with Crippen molar-refractivity contribution in [2.24, 2.45) is 5.41 Å². The van der Waals surface area contributed by atoms with Gasteiger partial charge in [-0.2, -0.15) is 9.61 Å². The number of H-pyrrole nitrogens is 1. The summed E-state index contributed by atoms with van der Waals surface area (Å²) >= 11 is 0. The molecule has 2 heterocycles. The van der Waals surface area contributed by atoms with Crippen molar-refractivity contribution < 1.29 is 4.74 Å². The van der Waals surface area contributed by atoms with Crippen LogP contribution in [0.4, 0.5) is 5.82 Å². The van der Waals surface area contributed by atoms with E-state index < -0.39 is 0 Å². The summed E-state index contributed by atoms with van der Waals surface area (Å²) in [5.74, 6) is 0.654. The molecule has 0 radical (unpaired) electrons. The Morgan fingerprint density at radius 1 is 1.47 bits per heavy atom. The summed E-state index contributed by atoms with van der Waals surface area (Å²) in [5, 5.41) is 13.6. The molecule has 2 rings (SSSR count). The lowest BCUT2D eigenvalue weighted by Gasteiger charge is -2.24. The molecule has 0 fully saturated rings. The lowest BCUT2D eigenvalue weighted by molar-refractivity contribution is 0.157. The van der Waals surface area contributed by atoms with Gasteiger partial charge in [0.15, 0.2) is 5.65 Å². The lowest BCUT2D eigenvalue weighted by Crippen LogP contribution is -2.25. The topological polar surface area (TPSA) is 84.3 Å². The summed E-state index contributed by atoms with van der Waals surface area (Å²) in [6.07, 6.45) is 0.949. The molecule has 0 saturated heterocycles. The first-order valence-electron chi connectivity index (χ1n) is 6.19. The van der Waals surface area contributed by atoms with Gasteiger partial charge in [0.05, 0.1) is 0 Å². The summed E-state index contributed by atoms with van der Waals surface area (Å²) in [4.78, 5) is 11.4. The summed E-state index contributed by atoms with van der Waals surface area (Å²) in [6, 6.07) is 3.55. The molecule has 2 N–H and O–H groups in total. The van der Waals surface area contributed by atoms with Gasteiger partial charge in [0.1, 0.15) is 5.82 Å². The van der Waals surface area contributed by atoms with Crippen LogP contribution in [0.3, 0.4) is 0 Å². The molecular formula is C12H19N5O2. The third-order valence-electron chi connectivity index (χ3n) is 3.00. The molecule has 0 aliphatic carbocycles. The fourth-order valence-electron chi connectivity index (χ4n) is 1.69. The standard InChI is InChI=1S/C12H19N5O2/c1-12(2,6-7-19-3)8-13-9-4-5-10-14-15-11(18)17(10)16-9/h4-5H,6-8H2,1-3H3,(H,13,16)(H,15,18). The van der Waals surface area contributed by atoms with Crippen molar-refractivity contribution in [3.8, 4) is 0 Å². The minimum atomic E-state index is -0.336. The Morgan fingerprint density at radius 2 is 2.26 bits per heavy atom. The van der Waals surface area contributed by atoms with Gasteiger partial charge in [-0.3, -0.25) is 0 Å². The average Bonchev–Trinajstić information content (AvgIpc) is 2.76. The summed E-state index contributed by atoms with van der Waals surface area (Å²) in [5.41, 5.74) is 0.264. The van der Waals surface area contributed by atoms with E-state index in [1.54, 1.807) is 13.2 Å². The first kappa shape index (κ1) is 13.5. The van der Waals surface area contributed by atoms with Crippen LogP contribution in [-0.4, -0.2) is 40.1 Å². The number of nitrogens with zero attached hydrogens (tertiary/aromatic N) is 3. The normalized spacial score (nSPS) is 11.9. The Labute approximate surface area is 111 Å². The molecule has 0 amide bonds. The van der Waals surface area contributed by atoms with Crippen molar-refractivity contribution in [2.45, 2.75) is 20.3 Å². The molecule has 0 aromatic carbocycles. The van der Waals surface area contributed by atoms with Gasteiger partial charge in [-0.25, -0.2) is 9.89 Å². The third kappa shape index (κ3) is 3.31. The van der Waals surface area contributed by atoms with Crippen molar-refractivity contribution in [1.29, 1.82) is 0 Å². The number of hydrogen-bond acceptors (Lipinski definition) is 5. The molecule has 104 valence electrons. The fourth-order valence-corrected chi connectivity index (χ4v) is 1.69. The van der Waals surface area contributed by atoms with Crippen molar-refractivity contribution in [1.82, 2.24) is 19.8 Å². The van der Waals surface area contributed by atoms with E-state index in [0.717, 1.165) is 19.6 Å². The van der Waals surface area contributed by atoms with Crippen molar-refractivity contribution in [3.05, 3.63) is 22.6 Å². The third-order valence-corrected chi connectivity index (χ3v) is 3.00. The highest BCUT2D eigenvalue weighted by molar-refractivity contribution is 5.42. The molecule has 7 nitrogen and oxygen atoms in total. The number of aromatic amines is 1. The molecule has 0 bridgehead atoms. The Kier molecular flexibility index (Phi) is 3.84. The summed E-state index contributed by atoms with van der Waals surface area (Å²) in [7, 11) is 1.70. The molecular weight excluding hydrogens is 246 g/mol. The zero-order valence-corrected chi connectivity index (χ0v) is 11.4. The zero-order chi connectivity index (χ0) is 13.9. The maximum atomic E-state index is 11.4. The first-order chi connectivity index (χ1) is 9.02. The van der Waals surface area contributed by atoms with Crippen LogP contribution in [0.2, 0.25) is 0 Å². The summed E-state index contributed by atoms with van der Waals surface area (Å²) in [6.45, 7) is 5.78. The number of anilines is 1. The lowest BCUT2D eigenvalue weighted by atomic mass is 9.90. The molecule has 0 aliphatic rings. The van der Waals surface area contributed by atoms with E-state index in [0.29, 0.717) is 11.5 Å². The van der Waals surface area contributed by atoms with E-state index in [9.17, 15) is 4.79 Å². The van der Waals surface area contributed by atoms with E-state index in [1.165, 1.54) is 4.52 Å². The van der Waals surface area contributed by atoms with Crippen LogP contribution in [-0.2, 0) is 4.74 Å². The Bertz CT molecular complexity index is 601. The maximum Gasteiger partial charge on any atom is 0.364 e. The quantitative estimate of drug-likeness (QED) is 0.810. The molecule has 0 saturated carbocycles. The van der Waals surface area contributed by atoms with Gasteiger partial charge in [-0.15, -0.1) is 5.10 Å². The van der Waals surface area contributed by atoms with Crippen molar-refractivity contribution in [2.75, 3.05) is 25.6 Å². The Balaban J connectivity index is 2.05. The highest BCUT2D eigenvalue weighted by Gasteiger charge is 2.17. The Morgan fingerprint density at radius 3 is 3.00 bits per heavy atom. The first-order valence-corrected chi connectivity index (χ1v) is 6.19. The van der Waals surface area contributed by atoms with E-state index >= 15 is 0 Å². The van der Waals surface area contributed by atoms with Crippen LogP contribution in [0.5, 0.6) is 0 Å². The highest BCUT2D eigenvalue weighted by atomic mass is 16.5. The monoisotopic (exact) mass is 265 g/mol. The van der Waals surface area contributed by atoms with Gasteiger partial charge in [-0.1, -0.05) is 13.8 Å². The largest absolute Gasteiger partial charge is 0.385 e. The fraction of sp³-hybridized carbons (Fsp3) is 0.583. The molecule has 0 aliphatic heterocycles. The van der Waals surface area contributed by atoms with Gasteiger partial charge in [0, 0.05) is 20.3 Å². The van der Waals surface area contributed by atoms with Crippen LogP contribution >= 0.6 is 0 Å². The van der Waals surface area contributed by atoms with Crippen LogP contribution < -0.4 is 11.0 Å². The van der Waals surface area contributed by atoms with Crippen molar-refractivity contribution in [3.63, 3.8) is 0 Å². The number of rotatable bonds is 6. The predicted octanol–water partition coefficient (Wildman–Crippen LogP) is 0.892. The number of ether oxygens (including phenoxy) is 1. The van der Waals surface area contributed by atoms with Gasteiger partial charge in [-0.05, 0) is 24.0 Å². The zero-order valence-electron chi connectivity index (χ0n) is 11.4. The van der Waals surface area contributed by atoms with E-state index in [4.69, 9.17) is 4.74 Å². The molecule has 2 aromatic heterocycles. The second kappa shape index (κ2) is 5.40. The van der Waals surface area contributed by atoms with Gasteiger partial charge >= 0.3 is 5.69 Å². The van der Waals surface area contributed by atoms with E-state index in [2.05, 4.69) is 34.5 Å². The van der Waals surface area contributed by atoms with Crippen LogP contribution in [0.15, 0.2) is 16.9 Å². The van der Waals surface area contributed by atoms with Crippen LogP contribution in [0, 0.1) is 5.41 Å². The van der Waals surface area contributed by atoms with Gasteiger partial charge in [0.25, 0.3) is 0 Å². The molecule has 0 unspecified atom stereocenters. The van der Waals surface area contributed by atoms with Crippen LogP contribution in [0.25, 0.3) is 5.65 Å². The van der Waals surface area contributed by atoms with E-state index in [1.807, 2.05) is 6.07 Å². The molecule has 0 spiro atoms. The number of hydrogen-bond donors (Lipinski definition) is 2. The van der Waals surface area contributed by atoms with Crippen molar-refractivity contribution >= 4 is 11.5 Å². The van der Waals surface area contributed by atoms with Crippen LogP contribution in [0.1, 0.15) is 20.3 Å². The molecule has 7 heteroatoms. The molecule has 2 aromatic rings. The van der Waals surface area contributed by atoms with E-state index in [-0.39, 0.29) is 11.1 Å². The molecule has 19 heavy (non-hydrogen) atoms. The second-order valence-electron chi connectivity index (χ2n) is 5.28. The second-order valence-corrected chi connectivity index (χ2v) is 5.28. The minimum Gasteiger partial charge on any atom is -0.385 e. The SMILES string of the molecule is COCCC(C)(C)CNc1ccc2n[nH]c(=O)n2n1. The average molecular weight is 265 g/mol. The number of fused-ring (bicyclic) bond motifs is 1. The number of aromatic nitrogens is 4. The maximum absolute atomic E-state index is 11.4. The molecule has 0 atom stereocenters. The highest BCUT2D eigenvalue weighted by Crippen LogP contribution is 2.20. The van der Waals surface area contributed by atoms with Gasteiger partial charge in [0.2, 0.25) is 0 Å². The summed E-state index contributed by atoms with van der Waals surface area (Å²) < 4.78 is 6.33. The van der Waals surface area contributed by atoms with Gasteiger partial charge < -0.3 is 10.1 Å². The number of methoxy groups -OCH3 is 1.